The van der Waals surface area contributed by atoms with Crippen molar-refractivity contribution in [1.82, 2.24) is 15.2 Å². The molecule has 0 bridgehead atoms. The number of rotatable bonds is 5. The molecule has 0 aliphatic rings. The molecule has 2 aromatic rings. The predicted molar refractivity (Wildman–Crippen MR) is 96.8 cm³/mol. The van der Waals surface area contributed by atoms with Crippen molar-refractivity contribution in [3.8, 4) is 10.6 Å². The second-order valence-electron chi connectivity index (χ2n) is 6.59. The summed E-state index contributed by atoms with van der Waals surface area (Å²) in [6, 6.07) is 7.68. The van der Waals surface area contributed by atoms with Gasteiger partial charge in [0.15, 0.2) is 0 Å². The normalized spacial score (nSPS) is 11.7. The van der Waals surface area contributed by atoms with Crippen LogP contribution < -0.4 is 5.32 Å². The molecular weight excluding hydrogens is 330 g/mol. The zero-order valence-electron chi connectivity index (χ0n) is 13.9. The van der Waals surface area contributed by atoms with E-state index in [4.69, 9.17) is 11.6 Å². The first kappa shape index (κ1) is 17.9. The van der Waals surface area contributed by atoms with Gasteiger partial charge in [0.2, 0.25) is 5.91 Å². The highest BCUT2D eigenvalue weighted by Crippen LogP contribution is 2.30. The van der Waals surface area contributed by atoms with E-state index in [0.29, 0.717) is 18.1 Å². The van der Waals surface area contributed by atoms with Gasteiger partial charge >= 0.3 is 0 Å². The summed E-state index contributed by atoms with van der Waals surface area (Å²) in [7, 11) is 1.91. The van der Waals surface area contributed by atoms with Gasteiger partial charge in [-0.05, 0) is 33.9 Å². The van der Waals surface area contributed by atoms with Crippen LogP contribution in [0, 0.1) is 0 Å². The zero-order valence-corrected chi connectivity index (χ0v) is 15.5. The summed E-state index contributed by atoms with van der Waals surface area (Å²) in [5.41, 5.74) is 1.67. The number of carbonyl (C=O) groups excluding carboxylic acids is 1. The van der Waals surface area contributed by atoms with Crippen molar-refractivity contribution in [2.75, 3.05) is 13.6 Å². The summed E-state index contributed by atoms with van der Waals surface area (Å²) < 4.78 is 0. The van der Waals surface area contributed by atoms with E-state index < -0.39 is 0 Å². The van der Waals surface area contributed by atoms with Crippen LogP contribution in [0.4, 0.5) is 0 Å². The topological polar surface area (TPSA) is 45.2 Å². The van der Waals surface area contributed by atoms with Crippen molar-refractivity contribution in [2.24, 2.45) is 0 Å². The van der Waals surface area contributed by atoms with Crippen LogP contribution in [0.25, 0.3) is 10.6 Å². The molecule has 6 heteroatoms. The number of aromatic nitrogens is 1. The minimum atomic E-state index is -0.213. The average molecular weight is 352 g/mol. The lowest BCUT2D eigenvalue weighted by Crippen LogP contribution is -2.45. The molecule has 0 atom stereocenters. The molecule has 1 N–H and O–H groups in total. The number of likely N-dealkylation sites (N-methyl/N-ethyl adjacent to an activating group) is 1. The van der Waals surface area contributed by atoms with Crippen LogP contribution >= 0.6 is 22.9 Å². The molecule has 0 radical (unpaired) electrons. The molecule has 1 aromatic carbocycles. The van der Waals surface area contributed by atoms with E-state index in [1.165, 1.54) is 0 Å². The Morgan fingerprint density at radius 3 is 2.70 bits per heavy atom. The van der Waals surface area contributed by atoms with E-state index in [1.807, 2.05) is 62.4 Å². The van der Waals surface area contributed by atoms with Crippen LogP contribution in [-0.4, -0.2) is 34.9 Å². The molecule has 0 fully saturated rings. The summed E-state index contributed by atoms with van der Waals surface area (Å²) in [6.07, 6.45) is 0. The summed E-state index contributed by atoms with van der Waals surface area (Å²) in [4.78, 5) is 18.5. The largest absolute Gasteiger partial charge is 0.350 e. The minimum absolute atomic E-state index is 0.0153. The fourth-order valence-electron chi connectivity index (χ4n) is 2.17. The quantitative estimate of drug-likeness (QED) is 0.890. The van der Waals surface area contributed by atoms with Gasteiger partial charge in [0.05, 0.1) is 17.3 Å². The number of hydrogen-bond acceptors (Lipinski definition) is 4. The van der Waals surface area contributed by atoms with E-state index in [1.54, 1.807) is 11.3 Å². The van der Waals surface area contributed by atoms with Gasteiger partial charge in [-0.25, -0.2) is 4.98 Å². The van der Waals surface area contributed by atoms with Crippen LogP contribution in [0.3, 0.4) is 0 Å². The molecular formula is C17H22ClN3OS. The summed E-state index contributed by atoms with van der Waals surface area (Å²) >= 11 is 7.77. The highest BCUT2D eigenvalue weighted by atomic mass is 35.5. The third-order valence-corrected chi connectivity index (χ3v) is 4.27. The van der Waals surface area contributed by atoms with Gasteiger partial charge in [0, 0.05) is 23.0 Å². The van der Waals surface area contributed by atoms with Crippen molar-refractivity contribution >= 4 is 28.8 Å². The van der Waals surface area contributed by atoms with Gasteiger partial charge in [-0.2, -0.15) is 0 Å². The molecule has 0 saturated heterocycles. The second-order valence-corrected chi connectivity index (χ2v) is 7.86. The molecule has 2 rings (SSSR count). The van der Waals surface area contributed by atoms with Gasteiger partial charge in [-0.15, -0.1) is 11.3 Å². The smallest absolute Gasteiger partial charge is 0.234 e. The summed E-state index contributed by atoms with van der Waals surface area (Å²) in [5.74, 6) is 0.0153. The van der Waals surface area contributed by atoms with Crippen LogP contribution in [0.2, 0.25) is 5.02 Å². The minimum Gasteiger partial charge on any atom is -0.350 e. The third-order valence-electron chi connectivity index (χ3n) is 3.02. The predicted octanol–water partition coefficient (Wildman–Crippen LogP) is 3.81. The fraction of sp³-hybridized carbons (Fsp3) is 0.412. The average Bonchev–Trinajstić information content (AvgIpc) is 2.84. The van der Waals surface area contributed by atoms with E-state index in [0.717, 1.165) is 16.3 Å². The van der Waals surface area contributed by atoms with Crippen molar-refractivity contribution < 1.29 is 4.79 Å². The van der Waals surface area contributed by atoms with Gasteiger partial charge in [-0.3, -0.25) is 9.69 Å². The molecule has 0 aliphatic heterocycles. The van der Waals surface area contributed by atoms with E-state index >= 15 is 0 Å². The van der Waals surface area contributed by atoms with Crippen molar-refractivity contribution in [2.45, 2.75) is 32.9 Å². The lowest BCUT2D eigenvalue weighted by Gasteiger charge is -2.23. The monoisotopic (exact) mass is 351 g/mol. The third kappa shape index (κ3) is 5.61. The molecule has 0 saturated carbocycles. The Hall–Kier alpha value is -1.43. The number of hydrogen-bond donors (Lipinski definition) is 1. The molecule has 0 unspecified atom stereocenters. The fourth-order valence-corrected chi connectivity index (χ4v) is 3.30. The molecule has 23 heavy (non-hydrogen) atoms. The molecule has 1 amide bonds. The Morgan fingerprint density at radius 2 is 2.04 bits per heavy atom. The number of thiazole rings is 1. The van der Waals surface area contributed by atoms with Crippen LogP contribution in [0.15, 0.2) is 29.6 Å². The molecule has 1 aromatic heterocycles. The maximum Gasteiger partial charge on any atom is 0.234 e. The van der Waals surface area contributed by atoms with Gasteiger partial charge in [0.1, 0.15) is 5.01 Å². The number of nitrogens with zero attached hydrogens (tertiary/aromatic N) is 2. The summed E-state index contributed by atoms with van der Waals surface area (Å²) in [6.45, 7) is 6.89. The van der Waals surface area contributed by atoms with Crippen LogP contribution in [0.5, 0.6) is 0 Å². The first-order valence-corrected chi connectivity index (χ1v) is 8.69. The Balaban J connectivity index is 1.97. The summed E-state index contributed by atoms with van der Waals surface area (Å²) in [5, 5.41) is 6.57. The van der Waals surface area contributed by atoms with Gasteiger partial charge in [0.25, 0.3) is 0 Å². The molecule has 0 aliphatic carbocycles. The van der Waals surface area contributed by atoms with Crippen LogP contribution in [-0.2, 0) is 11.3 Å². The number of amides is 1. The van der Waals surface area contributed by atoms with Crippen molar-refractivity contribution in [1.29, 1.82) is 0 Å². The van der Waals surface area contributed by atoms with E-state index in [2.05, 4.69) is 10.3 Å². The first-order valence-electron chi connectivity index (χ1n) is 7.43. The van der Waals surface area contributed by atoms with Gasteiger partial charge in [-0.1, -0.05) is 29.8 Å². The Bertz CT molecular complexity index is 678. The van der Waals surface area contributed by atoms with E-state index in [9.17, 15) is 4.79 Å². The van der Waals surface area contributed by atoms with Crippen molar-refractivity contribution in [3.05, 3.63) is 40.4 Å². The number of halogens is 1. The lowest BCUT2D eigenvalue weighted by atomic mass is 10.1. The Morgan fingerprint density at radius 1 is 1.35 bits per heavy atom. The molecule has 0 spiro atoms. The van der Waals surface area contributed by atoms with Crippen molar-refractivity contribution in [3.63, 3.8) is 0 Å². The molecule has 1 heterocycles. The Kier molecular flexibility index (Phi) is 5.79. The zero-order chi connectivity index (χ0) is 17.0. The van der Waals surface area contributed by atoms with E-state index in [-0.39, 0.29) is 11.4 Å². The number of benzene rings is 1. The maximum absolute atomic E-state index is 11.9. The Labute approximate surface area is 146 Å². The number of nitrogens with one attached hydrogen (secondary N) is 1. The second kappa shape index (κ2) is 7.43. The van der Waals surface area contributed by atoms with Gasteiger partial charge < -0.3 is 5.32 Å². The first-order chi connectivity index (χ1) is 10.7. The molecule has 124 valence electrons. The maximum atomic E-state index is 11.9. The lowest BCUT2D eigenvalue weighted by molar-refractivity contribution is -0.123. The molecule has 4 nitrogen and oxygen atoms in total. The highest BCUT2D eigenvalue weighted by Gasteiger charge is 2.16. The highest BCUT2D eigenvalue weighted by molar-refractivity contribution is 7.13. The standard InChI is InChI=1S/C17H22ClN3OS/c1-17(2,3)20-15(22)10-21(4)9-12-11-23-16(19-12)13-7-5-6-8-14(13)18/h5-8,11H,9-10H2,1-4H3,(H,20,22). The SMILES string of the molecule is CN(CC(=O)NC(C)(C)C)Cc1csc(-c2ccccc2Cl)n1. The number of carbonyl (C=O) groups is 1. The van der Waals surface area contributed by atoms with Crippen LogP contribution in [0.1, 0.15) is 26.5 Å².